The molecule has 0 radical (unpaired) electrons. The summed E-state index contributed by atoms with van der Waals surface area (Å²) in [6.07, 6.45) is -1.17. The fourth-order valence-electron chi connectivity index (χ4n) is 4.03. The van der Waals surface area contributed by atoms with Gasteiger partial charge >= 0.3 is 6.09 Å². The summed E-state index contributed by atoms with van der Waals surface area (Å²) in [4.78, 5) is 12.3. The van der Waals surface area contributed by atoms with Crippen LogP contribution in [0.1, 0.15) is 41.5 Å². The molecule has 2 unspecified atom stereocenters. The molecule has 0 saturated carbocycles. The number of ether oxygens (including phenoxy) is 2. The number of amides is 1. The number of hydrogen-bond donors (Lipinski definition) is 2. The third kappa shape index (κ3) is 6.90. The first-order valence-corrected chi connectivity index (χ1v) is 13.2. The van der Waals surface area contributed by atoms with Crippen LogP contribution < -0.4 is 15.7 Å². The third-order valence-electron chi connectivity index (χ3n) is 5.53. The van der Waals surface area contributed by atoms with Gasteiger partial charge in [-0.1, -0.05) is 81.4 Å². The van der Waals surface area contributed by atoms with E-state index in [1.807, 2.05) is 36.4 Å². The van der Waals surface area contributed by atoms with Crippen LogP contribution in [0.15, 0.2) is 60.7 Å². The lowest BCUT2D eigenvalue weighted by Crippen LogP contribution is -2.67. The van der Waals surface area contributed by atoms with E-state index in [4.69, 9.17) is 13.9 Å². The molecule has 0 spiro atoms. The molecule has 2 rings (SSSR count). The van der Waals surface area contributed by atoms with Crippen LogP contribution in [0.25, 0.3) is 0 Å². The summed E-state index contributed by atoms with van der Waals surface area (Å²) in [6, 6.07) is 19.9. The summed E-state index contributed by atoms with van der Waals surface area (Å²) in [5.74, 6) is 0. The van der Waals surface area contributed by atoms with Crippen LogP contribution in [0.4, 0.5) is 4.79 Å². The van der Waals surface area contributed by atoms with Gasteiger partial charge in [0.1, 0.15) is 11.7 Å². The highest BCUT2D eigenvalue weighted by molar-refractivity contribution is 6.99. The molecule has 2 N–H and O–H groups in total. The zero-order chi connectivity index (χ0) is 24.7. The highest BCUT2D eigenvalue weighted by Crippen LogP contribution is 2.37. The summed E-state index contributed by atoms with van der Waals surface area (Å²) in [6.45, 7) is 11.9. The highest BCUT2D eigenvalue weighted by atomic mass is 28.4. The second-order valence-corrected chi connectivity index (χ2v) is 14.5. The van der Waals surface area contributed by atoms with E-state index in [9.17, 15) is 9.90 Å². The summed E-state index contributed by atoms with van der Waals surface area (Å²) < 4.78 is 17.9. The van der Waals surface area contributed by atoms with E-state index >= 15 is 0 Å². The van der Waals surface area contributed by atoms with Crippen molar-refractivity contribution in [3.63, 3.8) is 0 Å². The Balaban J connectivity index is 2.39. The zero-order valence-corrected chi connectivity index (χ0v) is 21.9. The summed E-state index contributed by atoms with van der Waals surface area (Å²) in [5.41, 5.74) is -0.641. The molecule has 2 atom stereocenters. The van der Waals surface area contributed by atoms with E-state index in [-0.39, 0.29) is 18.3 Å². The number of aliphatic hydroxyl groups excluding tert-OH is 1. The summed E-state index contributed by atoms with van der Waals surface area (Å²) >= 11 is 0. The molecule has 0 heterocycles. The van der Waals surface area contributed by atoms with Crippen molar-refractivity contribution in [1.82, 2.24) is 5.32 Å². The van der Waals surface area contributed by atoms with Gasteiger partial charge in [0.25, 0.3) is 8.32 Å². The minimum absolute atomic E-state index is 0.193. The number of carbonyl (C=O) groups is 1. The molecule has 6 nitrogen and oxygen atoms in total. The number of hydrogen-bond acceptors (Lipinski definition) is 5. The smallest absolute Gasteiger partial charge is 0.408 e. The highest BCUT2D eigenvalue weighted by Gasteiger charge is 2.50. The monoisotopic (exact) mass is 473 g/mol. The number of aliphatic hydroxyl groups is 1. The minimum Gasteiger partial charge on any atom is -0.444 e. The molecule has 0 saturated heterocycles. The molecular weight excluding hydrogens is 434 g/mol. The molecule has 0 fully saturated rings. The standard InChI is InChI=1S/C26H39NO5Si/c1-25(2,3)32-24(29)27-22(18-28)23(30-7)19-31-33(26(4,5)6,20-14-10-8-11-15-20)21-16-12-9-13-17-21/h8-17,22-23,28H,18-19H2,1-7H3,(H,27,29). The van der Waals surface area contributed by atoms with Crippen LogP contribution in [-0.4, -0.2) is 57.6 Å². The number of alkyl carbamates (subject to hydrolysis) is 1. The van der Waals surface area contributed by atoms with E-state index in [0.29, 0.717) is 0 Å². The Morgan fingerprint density at radius 3 is 1.79 bits per heavy atom. The molecule has 7 heteroatoms. The molecular formula is C26H39NO5Si. The number of nitrogens with one attached hydrogen (secondary N) is 1. The number of methoxy groups -OCH3 is 1. The lowest BCUT2D eigenvalue weighted by molar-refractivity contribution is 0.00147. The van der Waals surface area contributed by atoms with E-state index in [1.54, 1.807) is 27.9 Å². The van der Waals surface area contributed by atoms with Crippen LogP contribution in [0.5, 0.6) is 0 Å². The van der Waals surface area contributed by atoms with Crippen LogP contribution in [-0.2, 0) is 13.9 Å². The topological polar surface area (TPSA) is 77.0 Å². The molecule has 0 aliphatic rings. The Labute approximate surface area is 199 Å². The first-order valence-electron chi connectivity index (χ1n) is 11.3. The van der Waals surface area contributed by atoms with Gasteiger partial charge in [0, 0.05) is 7.11 Å². The first kappa shape index (κ1) is 27.1. The Morgan fingerprint density at radius 2 is 1.42 bits per heavy atom. The van der Waals surface area contributed by atoms with Gasteiger partial charge in [0.15, 0.2) is 0 Å². The number of rotatable bonds is 9. The lowest BCUT2D eigenvalue weighted by Gasteiger charge is -2.44. The maximum absolute atomic E-state index is 12.3. The Bertz CT molecular complexity index is 822. The quantitative estimate of drug-likeness (QED) is 0.546. The van der Waals surface area contributed by atoms with E-state index < -0.39 is 32.2 Å². The van der Waals surface area contributed by atoms with Gasteiger partial charge < -0.3 is 24.3 Å². The van der Waals surface area contributed by atoms with E-state index in [0.717, 1.165) is 10.4 Å². The van der Waals surface area contributed by atoms with Gasteiger partial charge in [-0.15, -0.1) is 0 Å². The van der Waals surface area contributed by atoms with Crippen molar-refractivity contribution in [3.05, 3.63) is 60.7 Å². The van der Waals surface area contributed by atoms with Crippen LogP contribution in [0, 0.1) is 0 Å². The Hall–Kier alpha value is -2.19. The molecule has 33 heavy (non-hydrogen) atoms. The SMILES string of the molecule is COC(CO[Si](c1ccccc1)(c1ccccc1)C(C)(C)C)C(CO)NC(=O)OC(C)(C)C. The lowest BCUT2D eigenvalue weighted by atomic mass is 10.2. The average Bonchev–Trinajstić information content (AvgIpc) is 2.75. The summed E-state index contributed by atoms with van der Waals surface area (Å²) in [5, 5.41) is 14.8. The summed E-state index contributed by atoms with van der Waals surface area (Å²) in [7, 11) is -1.22. The van der Waals surface area contributed by atoms with Crippen molar-refractivity contribution in [1.29, 1.82) is 0 Å². The predicted octanol–water partition coefficient (Wildman–Crippen LogP) is 3.46. The van der Waals surface area contributed by atoms with Crippen LogP contribution in [0.2, 0.25) is 5.04 Å². The zero-order valence-electron chi connectivity index (χ0n) is 20.9. The number of carbonyl (C=O) groups excluding carboxylic acids is 1. The molecule has 182 valence electrons. The maximum atomic E-state index is 12.3. The minimum atomic E-state index is -2.77. The molecule has 2 aromatic rings. The number of benzene rings is 2. The van der Waals surface area contributed by atoms with Gasteiger partial charge in [-0.05, 0) is 36.2 Å². The normalized spacial score (nSPS) is 14.4. The predicted molar refractivity (Wildman–Crippen MR) is 135 cm³/mol. The molecule has 0 aromatic heterocycles. The third-order valence-corrected chi connectivity index (χ3v) is 10.5. The van der Waals surface area contributed by atoms with Gasteiger partial charge in [-0.2, -0.15) is 0 Å². The van der Waals surface area contributed by atoms with E-state index in [2.05, 4.69) is 50.4 Å². The van der Waals surface area contributed by atoms with Crippen LogP contribution >= 0.6 is 0 Å². The van der Waals surface area contributed by atoms with Gasteiger partial charge in [0.2, 0.25) is 0 Å². The fourth-order valence-corrected chi connectivity index (χ4v) is 8.60. The van der Waals surface area contributed by atoms with Gasteiger partial charge in [-0.25, -0.2) is 4.79 Å². The van der Waals surface area contributed by atoms with Crippen molar-refractivity contribution in [2.24, 2.45) is 0 Å². The second kappa shape index (κ2) is 11.3. The fraction of sp³-hybridized carbons (Fsp3) is 0.500. The Morgan fingerprint density at radius 1 is 0.939 bits per heavy atom. The largest absolute Gasteiger partial charge is 0.444 e. The van der Waals surface area contributed by atoms with E-state index in [1.165, 1.54) is 0 Å². The first-order chi connectivity index (χ1) is 15.4. The molecule has 0 aliphatic carbocycles. The molecule has 2 aromatic carbocycles. The molecule has 0 bridgehead atoms. The average molecular weight is 474 g/mol. The van der Waals surface area contributed by atoms with Crippen molar-refractivity contribution >= 4 is 24.8 Å². The van der Waals surface area contributed by atoms with Crippen molar-refractivity contribution < 1.29 is 23.8 Å². The molecule has 0 aliphatic heterocycles. The van der Waals surface area contributed by atoms with Gasteiger partial charge in [-0.3, -0.25) is 0 Å². The van der Waals surface area contributed by atoms with Gasteiger partial charge in [0.05, 0.1) is 19.3 Å². The van der Waals surface area contributed by atoms with Crippen LogP contribution in [0.3, 0.4) is 0 Å². The molecule has 1 amide bonds. The van der Waals surface area contributed by atoms with Crippen molar-refractivity contribution in [2.75, 3.05) is 20.3 Å². The maximum Gasteiger partial charge on any atom is 0.408 e. The second-order valence-electron chi connectivity index (χ2n) is 10.2. The van der Waals surface area contributed by atoms with Crippen molar-refractivity contribution in [2.45, 2.75) is 64.3 Å². The van der Waals surface area contributed by atoms with Crippen molar-refractivity contribution in [3.8, 4) is 0 Å². The Kier molecular flexibility index (Phi) is 9.26.